The lowest BCUT2D eigenvalue weighted by Crippen LogP contribution is -2.00. The molecule has 10 aromatic rings. The lowest BCUT2D eigenvalue weighted by Gasteiger charge is -2.10. The molecule has 0 spiro atoms. The van der Waals surface area contributed by atoms with Crippen molar-refractivity contribution in [1.29, 1.82) is 0 Å². The van der Waals surface area contributed by atoms with Crippen LogP contribution < -0.4 is 0 Å². The SMILES string of the molecule is [2H]c1cc([2H])c2c3c([2H])c([2H])c(-c4ccc(-c5nc(-c6ccccc6)nc(-c6ccc7c(c6)oc6ccccc67)n5)cc4)cc3n(-c3cc([2H])c([2H])cc3[2H])c2c1. The van der Waals surface area contributed by atoms with Crippen LogP contribution in [-0.2, 0) is 0 Å². The summed E-state index contributed by atoms with van der Waals surface area (Å²) in [6.45, 7) is 0. The second-order valence-electron chi connectivity index (χ2n) is 11.9. The van der Waals surface area contributed by atoms with Crippen molar-refractivity contribution in [2.45, 2.75) is 0 Å². The second kappa shape index (κ2) is 11.4. The van der Waals surface area contributed by atoms with Crippen LogP contribution >= 0.6 is 0 Å². The Labute approximate surface area is 297 Å². The predicted octanol–water partition coefficient (Wildman–Crippen LogP) is 11.5. The molecule has 0 aliphatic carbocycles. The Balaban J connectivity index is 1.12. The fourth-order valence-corrected chi connectivity index (χ4v) is 6.55. The monoisotopic (exact) mass is 647 g/mol. The summed E-state index contributed by atoms with van der Waals surface area (Å²) in [6, 6.07) is 38.1. The largest absolute Gasteiger partial charge is 0.456 e. The number of aromatic nitrogens is 4. The summed E-state index contributed by atoms with van der Waals surface area (Å²) in [4.78, 5) is 14.7. The van der Waals surface area contributed by atoms with Crippen LogP contribution in [0.15, 0.2) is 174 Å². The van der Waals surface area contributed by atoms with Crippen LogP contribution in [0.5, 0.6) is 0 Å². The number of hydrogen-bond donors (Lipinski definition) is 0. The maximum absolute atomic E-state index is 9.21. The minimum Gasteiger partial charge on any atom is -0.456 e. The molecule has 0 amide bonds. The maximum Gasteiger partial charge on any atom is 0.164 e. The number of nitrogens with zero attached hydrogens (tertiary/aromatic N) is 4. The van der Waals surface area contributed by atoms with Crippen LogP contribution in [-0.4, -0.2) is 19.5 Å². The molecule has 0 saturated carbocycles. The number of hydrogen-bond acceptors (Lipinski definition) is 4. The van der Waals surface area contributed by atoms with Crippen LogP contribution in [0.2, 0.25) is 0 Å². The van der Waals surface area contributed by atoms with Crippen LogP contribution in [0, 0.1) is 0 Å². The van der Waals surface area contributed by atoms with Crippen LogP contribution in [0.25, 0.3) is 94.7 Å². The van der Waals surface area contributed by atoms with Crippen molar-refractivity contribution in [2.24, 2.45) is 0 Å². The lowest BCUT2D eigenvalue weighted by atomic mass is 10.0. The normalized spacial score (nSPS) is 13.6. The molecule has 10 rings (SSSR count). The van der Waals surface area contributed by atoms with Gasteiger partial charge in [-0.05, 0) is 53.6 Å². The van der Waals surface area contributed by atoms with Crippen LogP contribution in [0.1, 0.15) is 9.60 Å². The third-order valence-electron chi connectivity index (χ3n) is 8.95. The molecule has 0 fully saturated rings. The molecule has 5 nitrogen and oxygen atoms in total. The Morgan fingerprint density at radius 3 is 1.96 bits per heavy atom. The first-order chi connectivity index (χ1) is 27.6. The molecule has 50 heavy (non-hydrogen) atoms. The lowest BCUT2D eigenvalue weighted by molar-refractivity contribution is 0.669. The fraction of sp³-hybridized carbons (Fsp3) is 0. The third-order valence-corrected chi connectivity index (χ3v) is 8.95. The number of furan rings is 1. The fourth-order valence-electron chi connectivity index (χ4n) is 6.55. The molecule has 7 aromatic carbocycles. The van der Waals surface area contributed by atoms with Crippen molar-refractivity contribution in [3.8, 4) is 51.0 Å². The van der Waals surface area contributed by atoms with Crippen molar-refractivity contribution in [3.63, 3.8) is 0 Å². The molecule has 3 aromatic heterocycles. The highest BCUT2D eigenvalue weighted by atomic mass is 16.3. The van der Waals surface area contributed by atoms with Gasteiger partial charge in [-0.3, -0.25) is 0 Å². The highest BCUT2D eigenvalue weighted by molar-refractivity contribution is 6.10. The van der Waals surface area contributed by atoms with E-state index in [9.17, 15) is 1.37 Å². The Kier molecular flexibility index (Phi) is 4.99. The summed E-state index contributed by atoms with van der Waals surface area (Å²) >= 11 is 0. The highest BCUT2D eigenvalue weighted by Crippen LogP contribution is 2.36. The van der Waals surface area contributed by atoms with Gasteiger partial charge in [-0.15, -0.1) is 0 Å². The van der Waals surface area contributed by atoms with Gasteiger partial charge in [0.2, 0.25) is 0 Å². The van der Waals surface area contributed by atoms with Gasteiger partial charge in [-0.25, -0.2) is 15.0 Å². The van der Waals surface area contributed by atoms with Gasteiger partial charge in [0.1, 0.15) is 11.2 Å². The van der Waals surface area contributed by atoms with E-state index in [1.54, 1.807) is 16.7 Å². The molecule has 5 heteroatoms. The Morgan fingerprint density at radius 2 is 1.10 bits per heavy atom. The van der Waals surface area contributed by atoms with Gasteiger partial charge in [0.15, 0.2) is 17.5 Å². The molecule has 0 bridgehead atoms. The van der Waals surface area contributed by atoms with Gasteiger partial charge >= 0.3 is 0 Å². The molecule has 3 heterocycles. The van der Waals surface area contributed by atoms with E-state index in [0.29, 0.717) is 56.0 Å². The topological polar surface area (TPSA) is 56.7 Å². The van der Waals surface area contributed by atoms with Crippen LogP contribution in [0.3, 0.4) is 0 Å². The summed E-state index contributed by atoms with van der Waals surface area (Å²) in [6.07, 6.45) is 0. The van der Waals surface area contributed by atoms with Gasteiger partial charge in [0.25, 0.3) is 0 Å². The van der Waals surface area contributed by atoms with E-state index in [-0.39, 0.29) is 48.0 Å². The number of rotatable bonds is 5. The first kappa shape index (κ1) is 21.9. The Hall–Kier alpha value is -6.85. The minimum absolute atomic E-state index is 0.0186. The van der Waals surface area contributed by atoms with Gasteiger partial charge in [-0.1, -0.05) is 127 Å². The van der Waals surface area contributed by atoms with Crippen molar-refractivity contribution >= 4 is 43.7 Å². The summed E-state index contributed by atoms with van der Waals surface area (Å²) in [5.74, 6) is 1.42. The van der Waals surface area contributed by atoms with Gasteiger partial charge in [0, 0.05) is 43.9 Å². The first-order valence-electron chi connectivity index (χ1n) is 19.6. The number of para-hydroxylation sites is 3. The molecular formula is C45H28N4O. The molecule has 0 saturated heterocycles. The third kappa shape index (κ3) is 4.67. The zero-order chi connectivity index (χ0) is 39.1. The number of benzene rings is 7. The van der Waals surface area contributed by atoms with E-state index in [2.05, 4.69) is 0 Å². The molecule has 0 N–H and O–H groups in total. The van der Waals surface area contributed by atoms with Crippen molar-refractivity contribution in [2.75, 3.05) is 0 Å². The maximum atomic E-state index is 9.21. The van der Waals surface area contributed by atoms with Crippen LogP contribution in [0.4, 0.5) is 0 Å². The first-order valence-corrected chi connectivity index (χ1v) is 16.1. The number of fused-ring (bicyclic) bond motifs is 6. The molecule has 0 unspecified atom stereocenters. The van der Waals surface area contributed by atoms with Crippen molar-refractivity contribution in [3.05, 3.63) is 170 Å². The van der Waals surface area contributed by atoms with Crippen molar-refractivity contribution < 1.29 is 14.0 Å². The quantitative estimate of drug-likeness (QED) is 0.186. The van der Waals surface area contributed by atoms with E-state index < -0.39 is 0 Å². The highest BCUT2D eigenvalue weighted by Gasteiger charge is 2.16. The molecule has 0 radical (unpaired) electrons. The molecule has 0 aliphatic rings. The predicted molar refractivity (Wildman–Crippen MR) is 203 cm³/mol. The molecule has 234 valence electrons. The smallest absolute Gasteiger partial charge is 0.164 e. The Morgan fingerprint density at radius 1 is 0.420 bits per heavy atom. The summed E-state index contributed by atoms with van der Waals surface area (Å²) in [5.41, 5.74) is 6.05. The summed E-state index contributed by atoms with van der Waals surface area (Å²) < 4.78 is 68.5. The molecule has 0 aliphatic heterocycles. The molecular weight excluding hydrogens is 613 g/mol. The van der Waals surface area contributed by atoms with E-state index in [0.717, 1.165) is 33.1 Å². The van der Waals surface area contributed by atoms with Gasteiger partial charge < -0.3 is 8.98 Å². The van der Waals surface area contributed by atoms with Gasteiger partial charge in [-0.2, -0.15) is 0 Å². The Bertz CT molecular complexity index is 3270. The van der Waals surface area contributed by atoms with E-state index in [1.165, 1.54) is 18.2 Å². The van der Waals surface area contributed by atoms with E-state index in [1.807, 2.05) is 97.1 Å². The van der Waals surface area contributed by atoms with E-state index in [4.69, 9.17) is 27.6 Å². The average Bonchev–Trinajstić information content (AvgIpc) is 3.76. The molecule has 0 atom stereocenters. The average molecular weight is 648 g/mol. The summed E-state index contributed by atoms with van der Waals surface area (Å²) in [7, 11) is 0. The minimum atomic E-state index is -0.104. The summed E-state index contributed by atoms with van der Waals surface area (Å²) in [5, 5.41) is 2.75. The van der Waals surface area contributed by atoms with E-state index >= 15 is 0 Å². The standard InChI is InChI=1S/C45H28N4O/c1-3-11-30(12-4-1)43-46-44(48-45(47-43)33-24-26-38-37-16-8-10-18-41(37)50-42(38)28-33)31-21-19-29(20-22-31)32-23-25-36-35-15-7-9-17-39(35)49(40(36)27-32)34-13-5-2-6-14-34/h1-28H/i2D,5D,9D,14D,15D,23D,25D. The zero-order valence-electron chi connectivity index (χ0n) is 33.3. The van der Waals surface area contributed by atoms with Crippen molar-refractivity contribution in [1.82, 2.24) is 19.5 Å². The van der Waals surface area contributed by atoms with Gasteiger partial charge in [0.05, 0.1) is 20.6 Å². The second-order valence-corrected chi connectivity index (χ2v) is 11.9. The zero-order valence-corrected chi connectivity index (χ0v) is 26.3.